The molecule has 0 radical (unpaired) electrons. The summed E-state index contributed by atoms with van der Waals surface area (Å²) in [7, 11) is 1.63. The summed E-state index contributed by atoms with van der Waals surface area (Å²) >= 11 is 0. The summed E-state index contributed by atoms with van der Waals surface area (Å²) < 4.78 is 24.0. The molecule has 0 aliphatic heterocycles. The zero-order valence-corrected chi connectivity index (χ0v) is 11.3. The minimum absolute atomic E-state index is 0.0506. The second kappa shape index (κ2) is 8.06. The van der Waals surface area contributed by atoms with Gasteiger partial charge in [0.25, 0.3) is 0 Å². The van der Waals surface area contributed by atoms with E-state index in [1.54, 1.807) is 13.2 Å². The maximum Gasteiger partial charge on any atom is 0.124 e. The van der Waals surface area contributed by atoms with Crippen LogP contribution in [-0.4, -0.2) is 26.4 Å². The molecule has 0 aliphatic rings. The van der Waals surface area contributed by atoms with E-state index < -0.39 is 0 Å². The molecule has 1 aromatic carbocycles. The number of methoxy groups -OCH3 is 1. The van der Waals surface area contributed by atoms with E-state index in [0.29, 0.717) is 18.9 Å². The average Bonchev–Trinajstić information content (AvgIpc) is 2.33. The Balaban J connectivity index is 2.69. The van der Waals surface area contributed by atoms with Crippen molar-refractivity contribution in [1.82, 2.24) is 5.32 Å². The minimum Gasteiger partial charge on any atom is -0.488 e. The Morgan fingerprint density at radius 2 is 2.17 bits per heavy atom. The number of ether oxygens (including phenoxy) is 2. The van der Waals surface area contributed by atoms with Crippen LogP contribution in [0.4, 0.5) is 4.39 Å². The normalized spacial score (nSPS) is 12.4. The highest BCUT2D eigenvalue weighted by molar-refractivity contribution is 5.34. The SMILES string of the molecule is CCCNCc1cc(F)ccc1OC(C)COC. The van der Waals surface area contributed by atoms with E-state index >= 15 is 0 Å². The zero-order chi connectivity index (χ0) is 13.4. The number of halogens is 1. The summed E-state index contributed by atoms with van der Waals surface area (Å²) in [5.74, 6) is 0.472. The zero-order valence-electron chi connectivity index (χ0n) is 11.3. The van der Waals surface area contributed by atoms with Gasteiger partial charge in [-0.05, 0) is 38.1 Å². The summed E-state index contributed by atoms with van der Waals surface area (Å²) in [6, 6.07) is 4.60. The van der Waals surface area contributed by atoms with Crippen LogP contribution in [-0.2, 0) is 11.3 Å². The predicted molar refractivity (Wildman–Crippen MR) is 70.4 cm³/mol. The summed E-state index contributed by atoms with van der Waals surface area (Å²) in [5.41, 5.74) is 0.839. The smallest absolute Gasteiger partial charge is 0.124 e. The Hall–Kier alpha value is -1.13. The maximum absolute atomic E-state index is 13.2. The first-order valence-electron chi connectivity index (χ1n) is 6.32. The Bertz CT molecular complexity index is 358. The van der Waals surface area contributed by atoms with Crippen LogP contribution in [0.5, 0.6) is 5.75 Å². The quantitative estimate of drug-likeness (QED) is 0.725. The Morgan fingerprint density at radius 3 is 2.83 bits per heavy atom. The van der Waals surface area contributed by atoms with Crippen LogP contribution in [0.2, 0.25) is 0 Å². The third-order valence-corrected chi connectivity index (χ3v) is 2.49. The van der Waals surface area contributed by atoms with Gasteiger partial charge in [0.1, 0.15) is 17.7 Å². The van der Waals surface area contributed by atoms with E-state index in [-0.39, 0.29) is 11.9 Å². The van der Waals surface area contributed by atoms with Crippen LogP contribution in [0.25, 0.3) is 0 Å². The summed E-state index contributed by atoms with van der Waals surface area (Å²) in [5, 5.41) is 3.25. The Labute approximate surface area is 108 Å². The van der Waals surface area contributed by atoms with Crippen molar-refractivity contribution in [2.75, 3.05) is 20.3 Å². The molecule has 0 saturated heterocycles. The van der Waals surface area contributed by atoms with Crippen molar-refractivity contribution in [3.05, 3.63) is 29.6 Å². The van der Waals surface area contributed by atoms with E-state index in [1.165, 1.54) is 12.1 Å². The van der Waals surface area contributed by atoms with Crippen LogP contribution < -0.4 is 10.1 Å². The molecule has 1 rings (SSSR count). The van der Waals surface area contributed by atoms with Crippen LogP contribution in [0, 0.1) is 5.82 Å². The van der Waals surface area contributed by atoms with Gasteiger partial charge in [-0.25, -0.2) is 4.39 Å². The first kappa shape index (κ1) is 14.9. The first-order valence-corrected chi connectivity index (χ1v) is 6.32. The highest BCUT2D eigenvalue weighted by atomic mass is 19.1. The van der Waals surface area contributed by atoms with Crippen molar-refractivity contribution in [3.63, 3.8) is 0 Å². The first-order chi connectivity index (χ1) is 8.67. The molecule has 102 valence electrons. The molecule has 0 spiro atoms. The lowest BCUT2D eigenvalue weighted by atomic mass is 10.2. The topological polar surface area (TPSA) is 30.5 Å². The van der Waals surface area contributed by atoms with Gasteiger partial charge in [-0.2, -0.15) is 0 Å². The lowest BCUT2D eigenvalue weighted by Crippen LogP contribution is -2.20. The number of nitrogens with one attached hydrogen (secondary N) is 1. The summed E-state index contributed by atoms with van der Waals surface area (Å²) in [4.78, 5) is 0. The fourth-order valence-corrected chi connectivity index (χ4v) is 1.69. The molecule has 0 saturated carbocycles. The lowest BCUT2D eigenvalue weighted by Gasteiger charge is -2.17. The number of hydrogen-bond acceptors (Lipinski definition) is 3. The van der Waals surface area contributed by atoms with Crippen molar-refractivity contribution >= 4 is 0 Å². The van der Waals surface area contributed by atoms with Crippen molar-refractivity contribution in [2.24, 2.45) is 0 Å². The summed E-state index contributed by atoms with van der Waals surface area (Å²) in [6.07, 6.45) is 0.997. The fourth-order valence-electron chi connectivity index (χ4n) is 1.69. The molecule has 1 N–H and O–H groups in total. The molecular weight excluding hydrogens is 233 g/mol. The molecule has 0 aromatic heterocycles. The third kappa shape index (κ3) is 5.02. The van der Waals surface area contributed by atoms with Gasteiger partial charge in [0, 0.05) is 19.2 Å². The monoisotopic (exact) mass is 255 g/mol. The van der Waals surface area contributed by atoms with E-state index in [0.717, 1.165) is 18.5 Å². The van der Waals surface area contributed by atoms with Crippen LogP contribution in [0.15, 0.2) is 18.2 Å². The Kier molecular flexibility index (Phi) is 6.68. The maximum atomic E-state index is 13.2. The van der Waals surface area contributed by atoms with Crippen LogP contribution >= 0.6 is 0 Å². The van der Waals surface area contributed by atoms with Crippen molar-refractivity contribution in [1.29, 1.82) is 0 Å². The standard InChI is InChI=1S/C14H22FNO2/c1-4-7-16-9-12-8-13(15)5-6-14(12)18-11(2)10-17-3/h5-6,8,11,16H,4,7,9-10H2,1-3H3. The Morgan fingerprint density at radius 1 is 1.39 bits per heavy atom. The van der Waals surface area contributed by atoms with E-state index in [4.69, 9.17) is 9.47 Å². The molecule has 0 aliphatic carbocycles. The van der Waals surface area contributed by atoms with Gasteiger partial charge < -0.3 is 14.8 Å². The highest BCUT2D eigenvalue weighted by Crippen LogP contribution is 2.21. The third-order valence-electron chi connectivity index (χ3n) is 2.49. The minimum atomic E-state index is -0.241. The highest BCUT2D eigenvalue weighted by Gasteiger charge is 2.09. The predicted octanol–water partition coefficient (Wildman–Crippen LogP) is 2.74. The molecule has 0 amide bonds. The van der Waals surface area contributed by atoms with Gasteiger partial charge in [-0.3, -0.25) is 0 Å². The molecule has 18 heavy (non-hydrogen) atoms. The van der Waals surface area contributed by atoms with Gasteiger partial charge in [-0.15, -0.1) is 0 Å². The number of hydrogen-bond donors (Lipinski definition) is 1. The van der Waals surface area contributed by atoms with Crippen molar-refractivity contribution < 1.29 is 13.9 Å². The molecule has 0 bridgehead atoms. The molecule has 3 nitrogen and oxygen atoms in total. The van der Waals surface area contributed by atoms with Crippen molar-refractivity contribution in [3.8, 4) is 5.75 Å². The molecule has 0 heterocycles. The average molecular weight is 255 g/mol. The van der Waals surface area contributed by atoms with E-state index in [1.807, 2.05) is 6.92 Å². The molecule has 1 aromatic rings. The molecular formula is C14H22FNO2. The van der Waals surface area contributed by atoms with Crippen LogP contribution in [0.3, 0.4) is 0 Å². The fraction of sp³-hybridized carbons (Fsp3) is 0.571. The molecule has 0 fully saturated rings. The molecule has 4 heteroatoms. The molecule has 1 atom stereocenters. The van der Waals surface area contributed by atoms with Gasteiger partial charge in [0.05, 0.1) is 6.61 Å². The van der Waals surface area contributed by atoms with E-state index in [9.17, 15) is 4.39 Å². The van der Waals surface area contributed by atoms with Crippen LogP contribution in [0.1, 0.15) is 25.8 Å². The lowest BCUT2D eigenvalue weighted by molar-refractivity contribution is 0.0912. The van der Waals surface area contributed by atoms with Gasteiger partial charge >= 0.3 is 0 Å². The van der Waals surface area contributed by atoms with Gasteiger partial charge in [0.2, 0.25) is 0 Å². The second-order valence-electron chi connectivity index (χ2n) is 4.31. The molecule has 1 unspecified atom stereocenters. The van der Waals surface area contributed by atoms with E-state index in [2.05, 4.69) is 12.2 Å². The van der Waals surface area contributed by atoms with Crippen molar-refractivity contribution in [2.45, 2.75) is 32.9 Å². The largest absolute Gasteiger partial charge is 0.488 e. The number of rotatable bonds is 8. The summed E-state index contributed by atoms with van der Waals surface area (Å²) in [6.45, 7) is 6.05. The second-order valence-corrected chi connectivity index (χ2v) is 4.31. The number of benzene rings is 1. The van der Waals surface area contributed by atoms with Gasteiger partial charge in [-0.1, -0.05) is 6.92 Å². The van der Waals surface area contributed by atoms with Gasteiger partial charge in [0.15, 0.2) is 0 Å².